The molecule has 3 rings (SSSR count). The van der Waals surface area contributed by atoms with Crippen LogP contribution < -0.4 is 5.32 Å². The number of hydrogen-bond acceptors (Lipinski definition) is 3. The average Bonchev–Trinajstić information content (AvgIpc) is 3.05. The molecule has 138 valence electrons. The third-order valence-electron chi connectivity index (χ3n) is 3.85. The lowest BCUT2D eigenvalue weighted by Crippen LogP contribution is -2.12. The summed E-state index contributed by atoms with van der Waals surface area (Å²) in [6, 6.07) is 10.5. The Labute approximate surface area is 171 Å². The van der Waals surface area contributed by atoms with Crippen molar-refractivity contribution in [3.63, 3.8) is 0 Å². The summed E-state index contributed by atoms with van der Waals surface area (Å²) in [7, 11) is 0. The molecule has 0 fully saturated rings. The number of nitrogens with zero attached hydrogens (tertiary/aromatic N) is 1. The first-order valence-electron chi connectivity index (χ1n) is 8.18. The highest BCUT2D eigenvalue weighted by Crippen LogP contribution is 2.47. The number of hydrogen-bond donors (Lipinski definition) is 1. The predicted octanol–water partition coefficient (Wildman–Crippen LogP) is 6.80. The smallest absolute Gasteiger partial charge is 0.273 e. The molecule has 7 heteroatoms. The van der Waals surface area contributed by atoms with Crippen molar-refractivity contribution in [1.29, 1.82) is 0 Å². The number of rotatable bonds is 7. The van der Waals surface area contributed by atoms with Crippen LogP contribution in [0, 0.1) is 0 Å². The number of pyridine rings is 1. The van der Waals surface area contributed by atoms with Crippen molar-refractivity contribution in [3.05, 3.63) is 64.8 Å². The number of anilines is 1. The highest BCUT2D eigenvalue weighted by atomic mass is 127. The van der Waals surface area contributed by atoms with Gasteiger partial charge in [0.1, 0.15) is 2.96 Å². The lowest BCUT2D eigenvalue weighted by Gasteiger charge is -2.16. The van der Waals surface area contributed by atoms with Gasteiger partial charge >= 0.3 is 0 Å². The fourth-order valence-electron chi connectivity index (χ4n) is 2.46. The maximum absolute atomic E-state index is 14.0. The van der Waals surface area contributed by atoms with Gasteiger partial charge in [0.05, 0.1) is 0 Å². The van der Waals surface area contributed by atoms with Crippen LogP contribution in [0.4, 0.5) is 14.5 Å². The fraction of sp³-hybridized carbons (Fsp3) is 0.263. The lowest BCUT2D eigenvalue weighted by molar-refractivity contribution is -0.00823. The van der Waals surface area contributed by atoms with E-state index in [2.05, 4.69) is 16.4 Å². The third kappa shape index (κ3) is 4.64. The molecule has 0 bridgehead atoms. The average molecular weight is 507 g/mol. The minimum absolute atomic E-state index is 0.0493. The summed E-state index contributed by atoms with van der Waals surface area (Å²) < 4.78 is 30.4. The molecule has 2 nitrogen and oxygen atoms in total. The molecule has 1 aromatic heterocycles. The Morgan fingerprint density at radius 1 is 1.27 bits per heavy atom. The zero-order valence-corrected chi connectivity index (χ0v) is 17.8. The van der Waals surface area contributed by atoms with Gasteiger partial charge in [0.25, 0.3) is 5.92 Å². The van der Waals surface area contributed by atoms with Gasteiger partial charge < -0.3 is 5.32 Å². The molecule has 0 atom stereocenters. The number of benzene rings is 1. The van der Waals surface area contributed by atoms with Crippen LogP contribution in [-0.4, -0.2) is 13.8 Å². The van der Waals surface area contributed by atoms with E-state index in [1.54, 1.807) is 30.1 Å². The van der Waals surface area contributed by atoms with Crippen molar-refractivity contribution < 1.29 is 8.78 Å². The van der Waals surface area contributed by atoms with Crippen molar-refractivity contribution in [1.82, 2.24) is 4.98 Å². The molecule has 0 amide bonds. The Morgan fingerprint density at radius 3 is 2.81 bits per heavy atom. The number of alkyl halides is 3. The summed E-state index contributed by atoms with van der Waals surface area (Å²) in [6.45, 7) is 1.50. The van der Waals surface area contributed by atoms with E-state index in [-0.39, 0.29) is 12.0 Å². The molecule has 0 saturated heterocycles. The van der Waals surface area contributed by atoms with Crippen molar-refractivity contribution in [3.8, 4) is 0 Å². The van der Waals surface area contributed by atoms with Crippen LogP contribution in [0.2, 0.25) is 0 Å². The van der Waals surface area contributed by atoms with Crippen LogP contribution in [0.3, 0.4) is 0 Å². The minimum Gasteiger partial charge on any atom is -0.345 e. The first-order chi connectivity index (χ1) is 12.5. The maximum atomic E-state index is 14.0. The predicted molar refractivity (Wildman–Crippen MR) is 117 cm³/mol. The van der Waals surface area contributed by atoms with E-state index < -0.39 is 26.7 Å². The van der Waals surface area contributed by atoms with E-state index in [0.29, 0.717) is 11.6 Å². The lowest BCUT2D eigenvalue weighted by atomic mass is 10.1. The zero-order chi connectivity index (χ0) is 18.6. The molecule has 0 unspecified atom stereocenters. The van der Waals surface area contributed by atoms with Gasteiger partial charge in [-0.15, -0.1) is 11.6 Å². The van der Waals surface area contributed by atoms with E-state index in [4.69, 9.17) is 11.6 Å². The Morgan fingerprint density at radius 2 is 2.12 bits per heavy atom. The van der Waals surface area contributed by atoms with Crippen molar-refractivity contribution in [2.24, 2.45) is 0 Å². The third-order valence-corrected chi connectivity index (χ3v) is 9.09. The fourth-order valence-corrected chi connectivity index (χ4v) is 7.96. The molecule has 0 aliphatic carbocycles. The minimum atomic E-state index is -2.80. The number of halogens is 4. The van der Waals surface area contributed by atoms with Gasteiger partial charge in [0, 0.05) is 50.0 Å². The number of thioether (sulfide) groups is 1. The Bertz CT molecular complexity index is 840. The second kappa shape index (κ2) is 8.80. The molecule has 2 heterocycles. The molecular formula is C19H18ClF2IN2S. The zero-order valence-electron chi connectivity index (χ0n) is 14.1. The van der Waals surface area contributed by atoms with Gasteiger partial charge in [0.2, 0.25) is 0 Å². The van der Waals surface area contributed by atoms with E-state index >= 15 is 0 Å². The van der Waals surface area contributed by atoms with Crippen LogP contribution in [-0.2, 0) is 5.92 Å². The molecule has 0 saturated carbocycles. The summed E-state index contributed by atoms with van der Waals surface area (Å²) in [5.74, 6) is -2.25. The summed E-state index contributed by atoms with van der Waals surface area (Å²) in [4.78, 5) is 5.46. The van der Waals surface area contributed by atoms with Gasteiger partial charge in [-0.2, -0.15) is 0 Å². The number of aromatic nitrogens is 1. The van der Waals surface area contributed by atoms with Gasteiger partial charge in [-0.1, -0.05) is 36.9 Å². The monoisotopic (exact) mass is 506 g/mol. The van der Waals surface area contributed by atoms with Crippen molar-refractivity contribution >= 4 is 56.3 Å². The van der Waals surface area contributed by atoms with Crippen LogP contribution in [0.25, 0.3) is 3.58 Å². The van der Waals surface area contributed by atoms with Gasteiger partial charge in [-0.25, -0.2) is 8.78 Å². The standard InChI is InChI=1S/C19H18ClF2IN2S/c1-2-19(21,22)14-6-3-7-15(11-14)25-18-23-17(16(26-18)8-9-20)13-5-4-10-24-12-13/h3-7,10-12,25H,2,8-9H2,1H3. The molecule has 1 aromatic carbocycles. The molecular weight excluding hydrogens is 489 g/mol. The summed E-state index contributed by atoms with van der Waals surface area (Å²) in [5.41, 5.74) is 1.87. The van der Waals surface area contributed by atoms with Crippen LogP contribution in [0.1, 0.15) is 30.9 Å². The molecule has 1 N–H and O–H groups in total. The Balaban J connectivity index is 1.83. The van der Waals surface area contributed by atoms with Crippen LogP contribution >= 0.6 is 44.1 Å². The first kappa shape index (κ1) is 19.8. The van der Waals surface area contributed by atoms with Gasteiger partial charge in [-0.05, 0) is 45.4 Å². The molecule has 26 heavy (non-hydrogen) atoms. The molecule has 1 aliphatic heterocycles. The summed E-state index contributed by atoms with van der Waals surface area (Å²) in [6.07, 6.45) is 4.22. The summed E-state index contributed by atoms with van der Waals surface area (Å²) >= 11 is 7.22. The first-order valence-corrected chi connectivity index (χ1v) is 11.7. The largest absolute Gasteiger partial charge is 0.345 e. The highest BCUT2D eigenvalue weighted by molar-refractivity contribution is 14.2. The SMILES string of the molecule is CCC(F)(F)c1cccc(NC2=IC(c3cccnc3)=C(CCCl)S2)c1. The maximum Gasteiger partial charge on any atom is 0.273 e. The molecule has 0 spiro atoms. The number of nitrogens with one attached hydrogen (secondary N) is 1. The van der Waals surface area contributed by atoms with Crippen LogP contribution in [0.5, 0.6) is 0 Å². The van der Waals surface area contributed by atoms with E-state index in [9.17, 15) is 8.78 Å². The van der Waals surface area contributed by atoms with E-state index in [1.165, 1.54) is 21.5 Å². The normalized spacial score (nSPS) is 14.8. The van der Waals surface area contributed by atoms with Gasteiger partial charge in [0.15, 0.2) is 0 Å². The molecule has 1 aliphatic rings. The quantitative estimate of drug-likeness (QED) is 0.330. The second-order valence-corrected chi connectivity index (χ2v) is 10.6. The van der Waals surface area contributed by atoms with Gasteiger partial charge in [-0.3, -0.25) is 4.98 Å². The Hall–Kier alpha value is -0.990. The highest BCUT2D eigenvalue weighted by Gasteiger charge is 2.29. The Kier molecular flexibility index (Phi) is 6.69. The molecule has 0 radical (unpaired) electrons. The van der Waals surface area contributed by atoms with Crippen molar-refractivity contribution in [2.75, 3.05) is 11.2 Å². The summed E-state index contributed by atoms with van der Waals surface area (Å²) in [5, 5.41) is 3.36. The van der Waals surface area contributed by atoms with E-state index in [1.807, 2.05) is 18.3 Å². The topological polar surface area (TPSA) is 24.9 Å². The number of allylic oxidation sites excluding steroid dienone is 1. The van der Waals surface area contributed by atoms with Crippen LogP contribution in [0.15, 0.2) is 53.7 Å². The molecule has 2 aromatic rings. The van der Waals surface area contributed by atoms with E-state index in [0.717, 1.165) is 14.9 Å². The van der Waals surface area contributed by atoms with Crippen molar-refractivity contribution in [2.45, 2.75) is 25.7 Å². The second-order valence-electron chi connectivity index (χ2n) is 5.65.